The Morgan fingerprint density at radius 2 is 0.909 bits per heavy atom. The summed E-state index contributed by atoms with van der Waals surface area (Å²) in [6, 6.07) is 0. The van der Waals surface area contributed by atoms with E-state index in [1.165, 1.54) is 103 Å². The van der Waals surface area contributed by atoms with Crippen molar-refractivity contribution in [3.8, 4) is 0 Å². The highest BCUT2D eigenvalue weighted by atomic mass is 14.2. The lowest BCUT2D eigenvalue weighted by molar-refractivity contribution is 0.314. The van der Waals surface area contributed by atoms with Gasteiger partial charge in [0.05, 0.1) is 0 Å². The molecule has 134 valence electrons. The summed E-state index contributed by atoms with van der Waals surface area (Å²) < 4.78 is 0. The summed E-state index contributed by atoms with van der Waals surface area (Å²) in [6.45, 7) is 9.46. The minimum absolute atomic E-state index is 0.957. The summed E-state index contributed by atoms with van der Waals surface area (Å²) in [5.74, 6) is 1.98. The zero-order valence-corrected chi connectivity index (χ0v) is 16.5. The SMILES string of the molecule is CCCCCCCCC(CCCCC)CC(C)CCCCC. The molecular weight excluding hydrogens is 264 g/mol. The predicted molar refractivity (Wildman–Crippen MR) is 104 cm³/mol. The quantitative estimate of drug-likeness (QED) is 0.236. The highest BCUT2D eigenvalue weighted by molar-refractivity contribution is 4.65. The van der Waals surface area contributed by atoms with Gasteiger partial charge in [0.1, 0.15) is 0 Å². The van der Waals surface area contributed by atoms with E-state index in [-0.39, 0.29) is 0 Å². The minimum atomic E-state index is 0.957. The van der Waals surface area contributed by atoms with Crippen LogP contribution in [0.25, 0.3) is 0 Å². The molecule has 0 bridgehead atoms. The van der Waals surface area contributed by atoms with Crippen molar-refractivity contribution < 1.29 is 0 Å². The molecule has 0 heterocycles. The molecule has 0 nitrogen and oxygen atoms in total. The molecule has 0 radical (unpaired) electrons. The van der Waals surface area contributed by atoms with Gasteiger partial charge in [-0.25, -0.2) is 0 Å². The van der Waals surface area contributed by atoms with Crippen LogP contribution >= 0.6 is 0 Å². The van der Waals surface area contributed by atoms with E-state index in [4.69, 9.17) is 0 Å². The Kier molecular flexibility index (Phi) is 17.4. The molecule has 0 fully saturated rings. The maximum absolute atomic E-state index is 2.50. The maximum Gasteiger partial charge on any atom is -0.0412 e. The van der Waals surface area contributed by atoms with Gasteiger partial charge in [-0.15, -0.1) is 0 Å². The Bertz CT molecular complexity index is 196. The van der Waals surface area contributed by atoms with E-state index in [9.17, 15) is 0 Å². The van der Waals surface area contributed by atoms with Crippen LogP contribution in [0.5, 0.6) is 0 Å². The molecule has 0 N–H and O–H groups in total. The van der Waals surface area contributed by atoms with E-state index < -0.39 is 0 Å². The van der Waals surface area contributed by atoms with Gasteiger partial charge in [0, 0.05) is 0 Å². The number of hydrogen-bond acceptors (Lipinski definition) is 0. The first-order chi connectivity index (χ1) is 10.7. The van der Waals surface area contributed by atoms with Crippen molar-refractivity contribution in [2.24, 2.45) is 11.8 Å². The molecule has 0 saturated carbocycles. The first-order valence-electron chi connectivity index (χ1n) is 10.7. The van der Waals surface area contributed by atoms with Crippen LogP contribution < -0.4 is 0 Å². The van der Waals surface area contributed by atoms with Crippen molar-refractivity contribution >= 4 is 0 Å². The van der Waals surface area contributed by atoms with Gasteiger partial charge in [-0.3, -0.25) is 0 Å². The molecule has 0 aliphatic carbocycles. The van der Waals surface area contributed by atoms with E-state index in [1.54, 1.807) is 0 Å². The van der Waals surface area contributed by atoms with Gasteiger partial charge >= 0.3 is 0 Å². The molecule has 0 heteroatoms. The first-order valence-corrected chi connectivity index (χ1v) is 10.7. The van der Waals surface area contributed by atoms with Crippen LogP contribution in [0.4, 0.5) is 0 Å². The maximum atomic E-state index is 2.50. The van der Waals surface area contributed by atoms with Gasteiger partial charge in [0.25, 0.3) is 0 Å². The average molecular weight is 311 g/mol. The Balaban J connectivity index is 3.87. The minimum Gasteiger partial charge on any atom is -0.0654 e. The van der Waals surface area contributed by atoms with Crippen LogP contribution in [-0.2, 0) is 0 Å². The molecule has 0 rings (SSSR count). The van der Waals surface area contributed by atoms with Crippen LogP contribution in [0.1, 0.15) is 130 Å². The summed E-state index contributed by atoms with van der Waals surface area (Å²) in [5.41, 5.74) is 0. The van der Waals surface area contributed by atoms with Crippen molar-refractivity contribution in [1.82, 2.24) is 0 Å². The summed E-state index contributed by atoms with van der Waals surface area (Å²) in [7, 11) is 0. The van der Waals surface area contributed by atoms with E-state index in [2.05, 4.69) is 27.7 Å². The molecule has 2 atom stereocenters. The lowest BCUT2D eigenvalue weighted by Gasteiger charge is -2.21. The van der Waals surface area contributed by atoms with Crippen LogP contribution in [0.2, 0.25) is 0 Å². The highest BCUT2D eigenvalue weighted by Crippen LogP contribution is 2.27. The van der Waals surface area contributed by atoms with Crippen molar-refractivity contribution in [2.45, 2.75) is 130 Å². The molecule has 0 aliphatic rings. The summed E-state index contributed by atoms with van der Waals surface area (Å²) >= 11 is 0. The monoisotopic (exact) mass is 310 g/mol. The van der Waals surface area contributed by atoms with E-state index in [0.717, 1.165) is 11.8 Å². The molecule has 0 aliphatic heterocycles. The summed E-state index contributed by atoms with van der Waals surface area (Å²) in [5, 5.41) is 0. The zero-order valence-electron chi connectivity index (χ0n) is 16.5. The third-order valence-electron chi connectivity index (χ3n) is 5.22. The van der Waals surface area contributed by atoms with E-state index in [0.29, 0.717) is 0 Å². The average Bonchev–Trinajstić information content (AvgIpc) is 2.51. The smallest absolute Gasteiger partial charge is 0.0412 e. The predicted octanol–water partition coefficient (Wildman–Crippen LogP) is 8.54. The Hall–Kier alpha value is 0. The second-order valence-electron chi connectivity index (χ2n) is 7.75. The fraction of sp³-hybridized carbons (Fsp3) is 1.00. The van der Waals surface area contributed by atoms with Gasteiger partial charge in [0.15, 0.2) is 0 Å². The van der Waals surface area contributed by atoms with Crippen LogP contribution in [0, 0.1) is 11.8 Å². The van der Waals surface area contributed by atoms with Gasteiger partial charge < -0.3 is 0 Å². The van der Waals surface area contributed by atoms with Crippen molar-refractivity contribution in [2.75, 3.05) is 0 Å². The molecule has 0 aromatic carbocycles. The Labute approximate surface area is 142 Å². The van der Waals surface area contributed by atoms with E-state index in [1.807, 2.05) is 0 Å². The fourth-order valence-corrected chi connectivity index (χ4v) is 3.71. The molecule has 0 aromatic heterocycles. The number of unbranched alkanes of at least 4 members (excludes halogenated alkanes) is 9. The number of hydrogen-bond donors (Lipinski definition) is 0. The van der Waals surface area contributed by atoms with Gasteiger partial charge in [0.2, 0.25) is 0 Å². The van der Waals surface area contributed by atoms with Gasteiger partial charge in [-0.05, 0) is 18.3 Å². The largest absolute Gasteiger partial charge is 0.0654 e. The molecule has 22 heavy (non-hydrogen) atoms. The molecule has 2 unspecified atom stereocenters. The third-order valence-corrected chi connectivity index (χ3v) is 5.22. The van der Waals surface area contributed by atoms with Crippen molar-refractivity contribution in [3.05, 3.63) is 0 Å². The molecule has 0 saturated heterocycles. The molecule has 0 aromatic rings. The zero-order chi connectivity index (χ0) is 16.5. The van der Waals surface area contributed by atoms with Crippen LogP contribution in [-0.4, -0.2) is 0 Å². The standard InChI is InChI=1S/C22H46/c1-5-8-11-12-13-16-19-22(18-15-10-7-3)20-21(4)17-14-9-6-2/h21-22H,5-20H2,1-4H3. The molecule has 0 amide bonds. The van der Waals surface area contributed by atoms with Crippen molar-refractivity contribution in [1.29, 1.82) is 0 Å². The summed E-state index contributed by atoms with van der Waals surface area (Å²) in [6.07, 6.45) is 23.2. The second kappa shape index (κ2) is 17.4. The normalized spacial score (nSPS) is 14.2. The molecule has 0 spiro atoms. The van der Waals surface area contributed by atoms with Gasteiger partial charge in [-0.2, -0.15) is 0 Å². The lowest BCUT2D eigenvalue weighted by atomic mass is 9.85. The first kappa shape index (κ1) is 22.0. The second-order valence-corrected chi connectivity index (χ2v) is 7.75. The van der Waals surface area contributed by atoms with Crippen LogP contribution in [0.15, 0.2) is 0 Å². The Morgan fingerprint density at radius 1 is 0.500 bits per heavy atom. The fourth-order valence-electron chi connectivity index (χ4n) is 3.71. The van der Waals surface area contributed by atoms with E-state index >= 15 is 0 Å². The number of rotatable bonds is 17. The summed E-state index contributed by atoms with van der Waals surface area (Å²) in [4.78, 5) is 0. The molecular formula is C22H46. The lowest BCUT2D eigenvalue weighted by Crippen LogP contribution is -2.07. The topological polar surface area (TPSA) is 0 Å². The third kappa shape index (κ3) is 14.9. The van der Waals surface area contributed by atoms with Crippen molar-refractivity contribution in [3.63, 3.8) is 0 Å². The highest BCUT2D eigenvalue weighted by Gasteiger charge is 2.13. The van der Waals surface area contributed by atoms with Crippen LogP contribution in [0.3, 0.4) is 0 Å². The Morgan fingerprint density at radius 3 is 1.50 bits per heavy atom. The van der Waals surface area contributed by atoms with Gasteiger partial charge in [-0.1, -0.05) is 124 Å².